The number of benzene rings is 2. The molecule has 0 saturated heterocycles. The molecule has 3 aromatic rings. The lowest BCUT2D eigenvalue weighted by molar-refractivity contribution is -0.00967. The number of hydrogen-bond acceptors (Lipinski definition) is 4. The Morgan fingerprint density at radius 2 is 2.00 bits per heavy atom. The molecule has 3 N–H and O–H groups in total. The van der Waals surface area contributed by atoms with Crippen LogP contribution in [0.4, 0.5) is 20.3 Å². The molecule has 0 saturated carbocycles. The number of hydrogen-bond donors (Lipinski definition) is 2. The molecular weight excluding hydrogens is 370 g/mol. The standard InChI is InChI=1S/C23H26F2N4/c1-15-7-8-20-18(11-15)21(27-13-16(2)26)12-22(28-20)29-10-9-23(24,25)19-6-4-3-5-17(19)14-29/h3-8,11-12,16H,9-10,13-14,26H2,1-2H3,(H,27,28). The summed E-state index contributed by atoms with van der Waals surface area (Å²) >= 11 is 0. The third kappa shape index (κ3) is 4.03. The lowest BCUT2D eigenvalue weighted by atomic mass is 10.0. The van der Waals surface area contributed by atoms with E-state index < -0.39 is 5.92 Å². The van der Waals surface area contributed by atoms with Crippen molar-refractivity contribution in [3.63, 3.8) is 0 Å². The molecule has 29 heavy (non-hydrogen) atoms. The average Bonchev–Trinajstić information content (AvgIpc) is 2.82. The van der Waals surface area contributed by atoms with Crippen molar-refractivity contribution in [2.75, 3.05) is 23.3 Å². The number of alkyl halides is 2. The number of aromatic nitrogens is 1. The third-order valence-corrected chi connectivity index (χ3v) is 5.36. The predicted octanol–water partition coefficient (Wildman–Crippen LogP) is 4.80. The lowest BCUT2D eigenvalue weighted by Crippen LogP contribution is -2.26. The SMILES string of the molecule is Cc1ccc2nc(N3CCC(F)(F)c4ccccc4C3)cc(NCC(C)N)c2c1. The van der Waals surface area contributed by atoms with Gasteiger partial charge < -0.3 is 16.0 Å². The van der Waals surface area contributed by atoms with Crippen molar-refractivity contribution >= 4 is 22.4 Å². The number of aryl methyl sites for hydroxylation is 1. The summed E-state index contributed by atoms with van der Waals surface area (Å²) in [5.74, 6) is -2.14. The molecule has 6 heteroatoms. The van der Waals surface area contributed by atoms with E-state index >= 15 is 0 Å². The first-order valence-electron chi connectivity index (χ1n) is 9.95. The van der Waals surface area contributed by atoms with Crippen LogP contribution < -0.4 is 16.0 Å². The molecule has 1 aliphatic rings. The van der Waals surface area contributed by atoms with Gasteiger partial charge in [-0.25, -0.2) is 13.8 Å². The Morgan fingerprint density at radius 1 is 1.21 bits per heavy atom. The van der Waals surface area contributed by atoms with Crippen molar-refractivity contribution in [2.45, 2.75) is 38.8 Å². The minimum absolute atomic E-state index is 0.00442. The topological polar surface area (TPSA) is 54.2 Å². The van der Waals surface area contributed by atoms with Crippen molar-refractivity contribution in [3.05, 3.63) is 65.2 Å². The summed E-state index contributed by atoms with van der Waals surface area (Å²) in [6.45, 7) is 5.24. The van der Waals surface area contributed by atoms with Gasteiger partial charge in [0.1, 0.15) is 5.82 Å². The Labute approximate surface area is 169 Å². The van der Waals surface area contributed by atoms with Crippen LogP contribution in [-0.2, 0) is 12.5 Å². The highest BCUT2D eigenvalue weighted by atomic mass is 19.3. The highest BCUT2D eigenvalue weighted by Crippen LogP contribution is 2.38. The van der Waals surface area contributed by atoms with Gasteiger partial charge in [-0.1, -0.05) is 35.9 Å². The molecular formula is C23H26F2N4. The summed E-state index contributed by atoms with van der Waals surface area (Å²) in [6, 6.07) is 14.8. The van der Waals surface area contributed by atoms with Gasteiger partial charge in [0.2, 0.25) is 0 Å². The summed E-state index contributed by atoms with van der Waals surface area (Å²) in [4.78, 5) is 6.74. The van der Waals surface area contributed by atoms with E-state index in [1.54, 1.807) is 12.1 Å². The van der Waals surface area contributed by atoms with E-state index in [-0.39, 0.29) is 24.6 Å². The van der Waals surface area contributed by atoms with Crippen molar-refractivity contribution in [2.24, 2.45) is 5.73 Å². The van der Waals surface area contributed by atoms with Crippen molar-refractivity contribution in [1.82, 2.24) is 4.98 Å². The van der Waals surface area contributed by atoms with Gasteiger partial charge in [-0.3, -0.25) is 0 Å². The summed E-state index contributed by atoms with van der Waals surface area (Å²) in [5.41, 5.74) is 9.59. The fraction of sp³-hybridized carbons (Fsp3) is 0.348. The molecule has 0 fully saturated rings. The molecule has 0 bridgehead atoms. The maximum Gasteiger partial charge on any atom is 0.275 e. The van der Waals surface area contributed by atoms with E-state index in [1.807, 2.05) is 43.0 Å². The zero-order valence-electron chi connectivity index (χ0n) is 16.8. The number of anilines is 2. The van der Waals surface area contributed by atoms with E-state index in [9.17, 15) is 8.78 Å². The zero-order valence-corrected chi connectivity index (χ0v) is 16.8. The van der Waals surface area contributed by atoms with Crippen LogP contribution in [0.2, 0.25) is 0 Å². The van der Waals surface area contributed by atoms with E-state index in [2.05, 4.69) is 11.4 Å². The molecule has 0 radical (unpaired) electrons. The highest BCUT2D eigenvalue weighted by molar-refractivity contribution is 5.93. The minimum atomic E-state index is -2.84. The smallest absolute Gasteiger partial charge is 0.275 e. The largest absolute Gasteiger partial charge is 0.383 e. The highest BCUT2D eigenvalue weighted by Gasteiger charge is 2.37. The summed E-state index contributed by atoms with van der Waals surface area (Å²) < 4.78 is 29.3. The van der Waals surface area contributed by atoms with Gasteiger partial charge in [0.25, 0.3) is 5.92 Å². The number of nitrogens with one attached hydrogen (secondary N) is 1. The molecule has 1 aliphatic heterocycles. The quantitative estimate of drug-likeness (QED) is 0.665. The minimum Gasteiger partial charge on any atom is -0.383 e. The molecule has 4 rings (SSSR count). The van der Waals surface area contributed by atoms with Crippen LogP contribution in [0.1, 0.15) is 30.0 Å². The van der Waals surface area contributed by atoms with Crippen molar-refractivity contribution in [3.8, 4) is 0 Å². The Hall–Kier alpha value is -2.73. The van der Waals surface area contributed by atoms with Gasteiger partial charge in [0, 0.05) is 54.8 Å². The average molecular weight is 396 g/mol. The van der Waals surface area contributed by atoms with Crippen LogP contribution >= 0.6 is 0 Å². The Morgan fingerprint density at radius 3 is 2.79 bits per heavy atom. The molecule has 0 aliphatic carbocycles. The first kappa shape index (κ1) is 19.6. The fourth-order valence-electron chi connectivity index (χ4n) is 3.81. The Bertz CT molecular complexity index is 1030. The van der Waals surface area contributed by atoms with Crippen LogP contribution in [0.5, 0.6) is 0 Å². The first-order valence-corrected chi connectivity index (χ1v) is 9.95. The summed E-state index contributed by atoms with van der Waals surface area (Å²) in [6.07, 6.45) is -0.236. The molecule has 2 heterocycles. The van der Waals surface area contributed by atoms with Gasteiger partial charge in [-0.05, 0) is 31.5 Å². The first-order chi connectivity index (χ1) is 13.8. The van der Waals surface area contributed by atoms with Gasteiger partial charge in [-0.2, -0.15) is 0 Å². The van der Waals surface area contributed by atoms with Gasteiger partial charge >= 0.3 is 0 Å². The molecule has 1 aromatic heterocycles. The van der Waals surface area contributed by atoms with Gasteiger partial charge in [0.15, 0.2) is 0 Å². The van der Waals surface area contributed by atoms with Crippen LogP contribution in [0.3, 0.4) is 0 Å². The molecule has 4 nitrogen and oxygen atoms in total. The maximum absolute atomic E-state index is 14.7. The molecule has 0 amide bonds. The number of nitrogens with zero attached hydrogens (tertiary/aromatic N) is 2. The molecule has 0 spiro atoms. The van der Waals surface area contributed by atoms with E-state index in [0.717, 1.165) is 22.2 Å². The molecule has 1 atom stereocenters. The zero-order chi connectivity index (χ0) is 20.6. The van der Waals surface area contributed by atoms with Crippen LogP contribution in [0.25, 0.3) is 10.9 Å². The number of fused-ring (bicyclic) bond motifs is 2. The Kier molecular flexibility index (Phi) is 5.13. The molecule has 152 valence electrons. The Balaban J connectivity index is 1.76. The fourth-order valence-corrected chi connectivity index (χ4v) is 3.81. The summed E-state index contributed by atoms with van der Waals surface area (Å²) in [7, 11) is 0. The monoisotopic (exact) mass is 396 g/mol. The van der Waals surface area contributed by atoms with E-state index in [0.29, 0.717) is 24.5 Å². The van der Waals surface area contributed by atoms with Gasteiger partial charge in [0.05, 0.1) is 5.52 Å². The number of halogens is 2. The van der Waals surface area contributed by atoms with E-state index in [1.165, 1.54) is 6.07 Å². The van der Waals surface area contributed by atoms with E-state index in [4.69, 9.17) is 10.7 Å². The second-order valence-electron chi connectivity index (χ2n) is 7.94. The third-order valence-electron chi connectivity index (χ3n) is 5.36. The summed E-state index contributed by atoms with van der Waals surface area (Å²) in [5, 5.41) is 4.41. The molecule has 1 unspecified atom stereocenters. The second kappa shape index (κ2) is 7.59. The maximum atomic E-state index is 14.7. The number of nitrogens with two attached hydrogens (primary N) is 1. The van der Waals surface area contributed by atoms with Crippen LogP contribution in [-0.4, -0.2) is 24.1 Å². The van der Waals surface area contributed by atoms with Gasteiger partial charge in [-0.15, -0.1) is 0 Å². The van der Waals surface area contributed by atoms with Crippen LogP contribution in [0.15, 0.2) is 48.5 Å². The van der Waals surface area contributed by atoms with Crippen molar-refractivity contribution in [1.29, 1.82) is 0 Å². The van der Waals surface area contributed by atoms with Crippen LogP contribution in [0, 0.1) is 6.92 Å². The predicted molar refractivity (Wildman–Crippen MR) is 115 cm³/mol. The van der Waals surface area contributed by atoms with Crippen molar-refractivity contribution < 1.29 is 8.78 Å². The lowest BCUT2D eigenvalue weighted by Gasteiger charge is -2.24. The number of rotatable bonds is 4. The molecule has 2 aromatic carbocycles. The normalized spacial score (nSPS) is 16.9. The second-order valence-corrected chi connectivity index (χ2v) is 7.94. The number of pyridine rings is 1.